The van der Waals surface area contributed by atoms with Gasteiger partial charge in [0.1, 0.15) is 10.8 Å². The summed E-state index contributed by atoms with van der Waals surface area (Å²) in [6, 6.07) is 5.83. The number of anilines is 2. The van der Waals surface area contributed by atoms with Crippen molar-refractivity contribution in [3.63, 3.8) is 0 Å². The second kappa shape index (κ2) is 11.5. The van der Waals surface area contributed by atoms with Gasteiger partial charge in [0, 0.05) is 30.8 Å². The van der Waals surface area contributed by atoms with Gasteiger partial charge in [-0.3, -0.25) is 14.7 Å². The maximum atomic E-state index is 12.7. The maximum Gasteiger partial charge on any atom is 0.413 e. The number of ether oxygens (including phenoxy) is 1. The lowest BCUT2D eigenvalue weighted by Crippen LogP contribution is -2.49. The van der Waals surface area contributed by atoms with E-state index in [0.717, 1.165) is 4.90 Å². The van der Waals surface area contributed by atoms with Gasteiger partial charge in [-0.15, -0.1) is 5.10 Å². The van der Waals surface area contributed by atoms with Crippen LogP contribution >= 0.6 is 11.6 Å². The van der Waals surface area contributed by atoms with Crippen LogP contribution in [0.3, 0.4) is 0 Å². The Morgan fingerprint density at radius 3 is 2.52 bits per heavy atom. The Hall–Kier alpha value is -4.26. The minimum absolute atomic E-state index is 0.123. The topological polar surface area (TPSA) is 164 Å². The van der Waals surface area contributed by atoms with E-state index in [-0.39, 0.29) is 34.5 Å². The molecule has 1 atom stereocenters. The van der Waals surface area contributed by atoms with E-state index in [4.69, 9.17) is 16.3 Å². The van der Waals surface area contributed by atoms with Crippen molar-refractivity contribution in [2.24, 2.45) is 13.0 Å². The van der Waals surface area contributed by atoms with Crippen molar-refractivity contribution in [1.82, 2.24) is 30.3 Å². The summed E-state index contributed by atoms with van der Waals surface area (Å²) in [7, 11) is 1.58. The van der Waals surface area contributed by atoms with Gasteiger partial charge in [-0.1, -0.05) is 22.9 Å². The number of carbonyl (C=O) groups is 3. The number of nitrogens with zero attached hydrogens (tertiary/aromatic N) is 6. The molecule has 0 aliphatic heterocycles. The Kier molecular flexibility index (Phi) is 8.24. The van der Waals surface area contributed by atoms with E-state index in [9.17, 15) is 19.5 Å². The van der Waals surface area contributed by atoms with Crippen LogP contribution in [0.5, 0.6) is 0 Å². The summed E-state index contributed by atoms with van der Waals surface area (Å²) in [6.07, 6.45) is 2.26. The molecule has 3 aromatic heterocycles. The molecule has 1 aliphatic rings. The summed E-state index contributed by atoms with van der Waals surface area (Å²) < 4.78 is 6.59. The van der Waals surface area contributed by atoms with Gasteiger partial charge in [0.25, 0.3) is 0 Å². The second-order valence-corrected chi connectivity index (χ2v) is 10.9. The van der Waals surface area contributed by atoms with E-state index in [1.54, 1.807) is 59.0 Å². The third-order valence-electron chi connectivity index (χ3n) is 6.36. The number of halogens is 1. The molecule has 3 heterocycles. The third kappa shape index (κ3) is 6.47. The first kappa shape index (κ1) is 28.7. The number of hydrogen-bond donors (Lipinski definition) is 3. The summed E-state index contributed by atoms with van der Waals surface area (Å²) in [5, 5.41) is 24.1. The summed E-state index contributed by atoms with van der Waals surface area (Å²) >= 11 is 6.23. The van der Waals surface area contributed by atoms with Crippen molar-refractivity contribution in [3.8, 4) is 11.4 Å². The highest BCUT2D eigenvalue weighted by atomic mass is 35.5. The molecule has 14 heteroatoms. The Balaban J connectivity index is 1.43. The first-order chi connectivity index (χ1) is 18.8. The predicted octanol–water partition coefficient (Wildman–Crippen LogP) is 4.41. The van der Waals surface area contributed by atoms with Crippen LogP contribution in [0.4, 0.5) is 21.1 Å². The average molecular weight is 571 g/mol. The van der Waals surface area contributed by atoms with E-state index >= 15 is 0 Å². The van der Waals surface area contributed by atoms with Crippen molar-refractivity contribution < 1.29 is 24.2 Å². The van der Waals surface area contributed by atoms with Crippen molar-refractivity contribution in [1.29, 1.82) is 0 Å². The molecule has 0 saturated heterocycles. The second-order valence-electron chi connectivity index (χ2n) is 10.5. The van der Waals surface area contributed by atoms with Gasteiger partial charge in [-0.2, -0.15) is 0 Å². The molecular weight excluding hydrogens is 540 g/mol. The van der Waals surface area contributed by atoms with Gasteiger partial charge in [0.05, 0.1) is 23.6 Å². The summed E-state index contributed by atoms with van der Waals surface area (Å²) in [6.45, 7) is 7.05. The van der Waals surface area contributed by atoms with Crippen molar-refractivity contribution in [2.45, 2.75) is 58.2 Å². The normalized spacial score (nSPS) is 17.4. The zero-order valence-corrected chi connectivity index (χ0v) is 23.5. The molecule has 0 bridgehead atoms. The molecule has 0 aromatic carbocycles. The molecule has 13 nitrogen and oxygen atoms in total. The number of carboxylic acid groups (broad SMARTS) is 1. The number of rotatable bonds is 7. The quantitative estimate of drug-likeness (QED) is 0.349. The van der Waals surface area contributed by atoms with Crippen molar-refractivity contribution in [2.75, 3.05) is 10.2 Å². The SMILES string of the molecule is CC(c1cccnc1Cl)N(C(=O)O)c1c(-c2ccc(NC(=O)C3CC(NC(=O)OC(C)(C)C)C3)cn2)nnn1C. The molecule has 212 valence electrons. The van der Waals surface area contributed by atoms with E-state index in [0.29, 0.717) is 29.8 Å². The average Bonchev–Trinajstić information content (AvgIpc) is 3.21. The zero-order chi connectivity index (χ0) is 29.2. The Bertz CT molecular complexity index is 1400. The molecule has 3 aromatic rings. The predicted molar refractivity (Wildman–Crippen MR) is 147 cm³/mol. The van der Waals surface area contributed by atoms with Crippen LogP contribution < -0.4 is 15.5 Å². The standard InChI is InChI=1S/C26H31ClN8O5/c1-14(18-7-6-10-28-21(18)27)35(25(38)39)23-20(32-33-34(23)5)19-9-8-16(13-29-19)30-22(36)15-11-17(12-15)31-24(37)40-26(2,3)4/h6-10,13-15,17H,11-12H2,1-5H3,(H,30,36)(H,31,37)(H,38,39). The number of nitrogens with one attached hydrogen (secondary N) is 2. The van der Waals surface area contributed by atoms with Crippen LogP contribution in [0, 0.1) is 5.92 Å². The van der Waals surface area contributed by atoms with Gasteiger partial charge in [-0.25, -0.2) is 19.3 Å². The highest BCUT2D eigenvalue weighted by molar-refractivity contribution is 6.30. The molecular formula is C26H31ClN8O5. The molecule has 1 fully saturated rings. The fourth-order valence-corrected chi connectivity index (χ4v) is 4.63. The highest BCUT2D eigenvalue weighted by Crippen LogP contribution is 2.35. The number of amides is 3. The highest BCUT2D eigenvalue weighted by Gasteiger charge is 2.36. The number of carbonyl (C=O) groups excluding carboxylic acids is 2. The van der Waals surface area contributed by atoms with Gasteiger partial charge < -0.3 is 20.5 Å². The van der Waals surface area contributed by atoms with E-state index < -0.39 is 23.8 Å². The van der Waals surface area contributed by atoms with E-state index in [1.807, 2.05) is 0 Å². The Morgan fingerprint density at radius 2 is 1.93 bits per heavy atom. The lowest BCUT2D eigenvalue weighted by molar-refractivity contribution is -0.123. The molecule has 3 amide bonds. The number of hydrogen-bond acceptors (Lipinski definition) is 8. The first-order valence-corrected chi connectivity index (χ1v) is 13.0. The molecule has 40 heavy (non-hydrogen) atoms. The van der Waals surface area contributed by atoms with Crippen LogP contribution in [-0.4, -0.2) is 59.8 Å². The largest absolute Gasteiger partial charge is 0.465 e. The number of pyridine rings is 2. The first-order valence-electron chi connectivity index (χ1n) is 12.6. The molecule has 0 spiro atoms. The van der Waals surface area contributed by atoms with Crippen LogP contribution in [0.25, 0.3) is 11.4 Å². The number of alkyl carbamates (subject to hydrolysis) is 1. The fourth-order valence-electron chi connectivity index (χ4n) is 4.35. The Labute approximate surface area is 235 Å². The molecule has 0 radical (unpaired) electrons. The summed E-state index contributed by atoms with van der Waals surface area (Å²) in [5.74, 6) is -0.241. The van der Waals surface area contributed by atoms with Crippen molar-refractivity contribution in [3.05, 3.63) is 47.4 Å². The van der Waals surface area contributed by atoms with Crippen LogP contribution in [0.15, 0.2) is 36.7 Å². The Morgan fingerprint density at radius 1 is 1.20 bits per heavy atom. The smallest absolute Gasteiger partial charge is 0.413 e. The van der Waals surface area contributed by atoms with Crippen LogP contribution in [0.1, 0.15) is 52.1 Å². The minimum Gasteiger partial charge on any atom is -0.465 e. The monoisotopic (exact) mass is 570 g/mol. The van der Waals surface area contributed by atoms with Crippen LogP contribution in [-0.2, 0) is 16.6 Å². The van der Waals surface area contributed by atoms with Gasteiger partial charge in [0.15, 0.2) is 11.5 Å². The summed E-state index contributed by atoms with van der Waals surface area (Å²) in [5.41, 5.74) is 0.997. The zero-order valence-electron chi connectivity index (χ0n) is 22.8. The van der Waals surface area contributed by atoms with Gasteiger partial charge in [-0.05, 0) is 58.7 Å². The minimum atomic E-state index is -1.23. The van der Waals surface area contributed by atoms with Gasteiger partial charge in [0.2, 0.25) is 5.91 Å². The number of aryl methyl sites for hydroxylation is 1. The lowest BCUT2D eigenvalue weighted by atomic mass is 9.79. The number of aromatic nitrogens is 5. The van der Waals surface area contributed by atoms with E-state index in [1.165, 1.54) is 17.1 Å². The third-order valence-corrected chi connectivity index (χ3v) is 6.68. The fraction of sp³-hybridized carbons (Fsp3) is 0.423. The lowest BCUT2D eigenvalue weighted by Gasteiger charge is -2.35. The maximum absolute atomic E-state index is 12.7. The van der Waals surface area contributed by atoms with Gasteiger partial charge >= 0.3 is 12.2 Å². The molecule has 1 aliphatic carbocycles. The molecule has 1 unspecified atom stereocenters. The molecule has 4 rings (SSSR count). The van der Waals surface area contributed by atoms with Crippen LogP contribution in [0.2, 0.25) is 5.15 Å². The van der Waals surface area contributed by atoms with Crippen molar-refractivity contribution >= 4 is 41.2 Å². The summed E-state index contributed by atoms with van der Waals surface area (Å²) in [4.78, 5) is 46.5. The molecule has 3 N–H and O–H groups in total. The molecule has 1 saturated carbocycles. The van der Waals surface area contributed by atoms with E-state index in [2.05, 4.69) is 30.9 Å².